The van der Waals surface area contributed by atoms with Gasteiger partial charge in [0.05, 0.1) is 17.5 Å². The Hall–Kier alpha value is -1.29. The minimum atomic E-state index is -0.361. The van der Waals surface area contributed by atoms with Gasteiger partial charge in [0.1, 0.15) is 5.82 Å². The van der Waals surface area contributed by atoms with Crippen molar-refractivity contribution in [2.24, 2.45) is 5.92 Å². The van der Waals surface area contributed by atoms with E-state index in [0.717, 1.165) is 31.6 Å². The van der Waals surface area contributed by atoms with E-state index in [0.29, 0.717) is 5.92 Å². The van der Waals surface area contributed by atoms with Gasteiger partial charge in [0, 0.05) is 13.1 Å². The number of hydrogen-bond acceptors (Lipinski definition) is 3. The summed E-state index contributed by atoms with van der Waals surface area (Å²) in [6, 6.07) is 4.91. The number of aliphatic hydroxyl groups is 1. The van der Waals surface area contributed by atoms with Gasteiger partial charge in [0.2, 0.25) is 0 Å². The molecular weight excluding hydrogens is 219 g/mol. The molecule has 1 aromatic carbocycles. The molecular formula is C13H19FN2O. The summed E-state index contributed by atoms with van der Waals surface area (Å²) < 4.78 is 13.3. The van der Waals surface area contributed by atoms with Crippen LogP contribution in [0.4, 0.5) is 15.8 Å². The first kappa shape index (κ1) is 12.2. The highest BCUT2D eigenvalue weighted by Crippen LogP contribution is 2.30. The number of hydrogen-bond donors (Lipinski definition) is 2. The van der Waals surface area contributed by atoms with E-state index in [-0.39, 0.29) is 17.6 Å². The van der Waals surface area contributed by atoms with Crippen LogP contribution in [0.1, 0.15) is 19.8 Å². The van der Waals surface area contributed by atoms with Gasteiger partial charge in [-0.1, -0.05) is 6.07 Å². The van der Waals surface area contributed by atoms with Gasteiger partial charge in [-0.25, -0.2) is 4.39 Å². The average Bonchev–Trinajstić information content (AvgIpc) is 2.33. The number of nitrogens with two attached hydrogens (primary N) is 1. The first-order valence-electron chi connectivity index (χ1n) is 6.06. The Kier molecular flexibility index (Phi) is 3.52. The van der Waals surface area contributed by atoms with Crippen molar-refractivity contribution < 1.29 is 9.50 Å². The van der Waals surface area contributed by atoms with Crippen molar-refractivity contribution in [3.05, 3.63) is 24.0 Å². The maximum Gasteiger partial charge on any atom is 0.148 e. The number of nitrogen functional groups attached to an aromatic ring is 1. The summed E-state index contributed by atoms with van der Waals surface area (Å²) in [6.07, 6.45) is 1.59. The third-order valence-corrected chi connectivity index (χ3v) is 3.59. The van der Waals surface area contributed by atoms with E-state index in [9.17, 15) is 9.50 Å². The molecule has 0 amide bonds. The lowest BCUT2D eigenvalue weighted by molar-refractivity contribution is 0.110. The molecule has 1 heterocycles. The van der Waals surface area contributed by atoms with Gasteiger partial charge < -0.3 is 15.7 Å². The molecule has 0 spiro atoms. The number of piperidine rings is 1. The van der Waals surface area contributed by atoms with Gasteiger partial charge >= 0.3 is 0 Å². The molecule has 0 aromatic heterocycles. The molecule has 94 valence electrons. The monoisotopic (exact) mass is 238 g/mol. The second-order valence-electron chi connectivity index (χ2n) is 4.74. The predicted octanol–water partition coefficient (Wildman–Crippen LogP) is 2.01. The Morgan fingerprint density at radius 1 is 1.41 bits per heavy atom. The van der Waals surface area contributed by atoms with Crippen molar-refractivity contribution in [3.8, 4) is 0 Å². The molecule has 17 heavy (non-hydrogen) atoms. The van der Waals surface area contributed by atoms with Gasteiger partial charge in [0.15, 0.2) is 0 Å². The molecule has 3 nitrogen and oxygen atoms in total. The summed E-state index contributed by atoms with van der Waals surface area (Å²) in [7, 11) is 0. The average molecular weight is 238 g/mol. The topological polar surface area (TPSA) is 49.5 Å². The number of aliphatic hydroxyl groups excluding tert-OH is 1. The summed E-state index contributed by atoms with van der Waals surface area (Å²) in [5, 5.41) is 9.53. The fourth-order valence-corrected chi connectivity index (χ4v) is 2.42. The number of halogens is 1. The van der Waals surface area contributed by atoms with E-state index < -0.39 is 0 Å². The highest BCUT2D eigenvalue weighted by atomic mass is 19.1. The number of anilines is 2. The Labute approximate surface area is 101 Å². The fourth-order valence-electron chi connectivity index (χ4n) is 2.42. The van der Waals surface area contributed by atoms with Crippen molar-refractivity contribution in [3.63, 3.8) is 0 Å². The predicted molar refractivity (Wildman–Crippen MR) is 67.4 cm³/mol. The van der Waals surface area contributed by atoms with Gasteiger partial charge in [-0.05, 0) is 37.8 Å². The Bertz CT molecular complexity index is 387. The van der Waals surface area contributed by atoms with Crippen LogP contribution in [0.25, 0.3) is 0 Å². The minimum absolute atomic E-state index is 0.225. The van der Waals surface area contributed by atoms with Crippen molar-refractivity contribution >= 4 is 11.4 Å². The summed E-state index contributed by atoms with van der Waals surface area (Å²) >= 11 is 0. The highest BCUT2D eigenvalue weighted by Gasteiger charge is 2.24. The highest BCUT2D eigenvalue weighted by molar-refractivity contribution is 5.68. The zero-order valence-electron chi connectivity index (χ0n) is 10.1. The first-order valence-corrected chi connectivity index (χ1v) is 6.06. The molecule has 4 heteroatoms. The van der Waals surface area contributed by atoms with Gasteiger partial charge in [-0.15, -0.1) is 0 Å². The molecule has 1 fully saturated rings. The molecule has 1 aliphatic heterocycles. The molecule has 2 rings (SSSR count). The lowest BCUT2D eigenvalue weighted by Crippen LogP contribution is -2.37. The van der Waals surface area contributed by atoms with Crippen LogP contribution in [0.15, 0.2) is 18.2 Å². The second-order valence-corrected chi connectivity index (χ2v) is 4.74. The van der Waals surface area contributed by atoms with Crippen molar-refractivity contribution in [2.45, 2.75) is 25.9 Å². The SMILES string of the molecule is CC(O)C1CCN(c2cccc(F)c2N)CC1. The Morgan fingerprint density at radius 2 is 2.06 bits per heavy atom. The third-order valence-electron chi connectivity index (χ3n) is 3.59. The van der Waals surface area contributed by atoms with Crippen molar-refractivity contribution in [2.75, 3.05) is 23.7 Å². The van der Waals surface area contributed by atoms with Crippen LogP contribution in [-0.2, 0) is 0 Å². The van der Waals surface area contributed by atoms with Crippen molar-refractivity contribution in [1.82, 2.24) is 0 Å². The van der Waals surface area contributed by atoms with E-state index in [2.05, 4.69) is 4.90 Å². The van der Waals surface area contributed by atoms with E-state index in [4.69, 9.17) is 5.73 Å². The molecule has 1 aromatic rings. The molecule has 0 saturated carbocycles. The molecule has 1 aliphatic rings. The molecule has 0 aliphatic carbocycles. The van der Waals surface area contributed by atoms with Crippen LogP contribution in [0.3, 0.4) is 0 Å². The Balaban J connectivity index is 2.08. The number of para-hydroxylation sites is 1. The van der Waals surface area contributed by atoms with Crippen LogP contribution >= 0.6 is 0 Å². The van der Waals surface area contributed by atoms with Crippen LogP contribution < -0.4 is 10.6 Å². The van der Waals surface area contributed by atoms with Gasteiger partial charge in [-0.3, -0.25) is 0 Å². The Morgan fingerprint density at radius 3 is 2.65 bits per heavy atom. The summed E-state index contributed by atoms with van der Waals surface area (Å²) in [5.74, 6) is -0.0128. The first-order chi connectivity index (χ1) is 8.09. The number of rotatable bonds is 2. The minimum Gasteiger partial charge on any atom is -0.395 e. The van der Waals surface area contributed by atoms with Crippen LogP contribution in [0.5, 0.6) is 0 Å². The van der Waals surface area contributed by atoms with Crippen molar-refractivity contribution in [1.29, 1.82) is 0 Å². The number of benzene rings is 1. The third kappa shape index (κ3) is 2.52. The van der Waals surface area contributed by atoms with Gasteiger partial charge in [-0.2, -0.15) is 0 Å². The van der Waals surface area contributed by atoms with Crippen LogP contribution in [0, 0.1) is 11.7 Å². The standard InChI is InChI=1S/C13H19FN2O/c1-9(17)10-5-7-16(8-6-10)12-4-2-3-11(14)13(12)15/h2-4,9-10,17H,5-8,15H2,1H3. The normalized spacial score (nSPS) is 19.4. The van der Waals surface area contributed by atoms with Crippen LogP contribution in [0.2, 0.25) is 0 Å². The lowest BCUT2D eigenvalue weighted by Gasteiger charge is -2.35. The summed E-state index contributed by atoms with van der Waals surface area (Å²) in [5.41, 5.74) is 6.74. The maximum atomic E-state index is 13.3. The molecule has 0 bridgehead atoms. The zero-order chi connectivity index (χ0) is 12.4. The van der Waals surface area contributed by atoms with E-state index in [1.165, 1.54) is 6.07 Å². The fraction of sp³-hybridized carbons (Fsp3) is 0.538. The van der Waals surface area contributed by atoms with E-state index in [1.807, 2.05) is 13.0 Å². The molecule has 1 unspecified atom stereocenters. The van der Waals surface area contributed by atoms with E-state index >= 15 is 0 Å². The largest absolute Gasteiger partial charge is 0.395 e. The molecule has 1 atom stereocenters. The molecule has 0 radical (unpaired) electrons. The summed E-state index contributed by atoms with van der Waals surface area (Å²) in [4.78, 5) is 2.09. The maximum absolute atomic E-state index is 13.3. The van der Waals surface area contributed by atoms with Crippen LogP contribution in [-0.4, -0.2) is 24.3 Å². The zero-order valence-corrected chi connectivity index (χ0v) is 10.1. The number of nitrogens with zero attached hydrogens (tertiary/aromatic N) is 1. The molecule has 3 N–H and O–H groups in total. The second kappa shape index (κ2) is 4.92. The van der Waals surface area contributed by atoms with Gasteiger partial charge in [0.25, 0.3) is 0 Å². The summed E-state index contributed by atoms with van der Waals surface area (Å²) in [6.45, 7) is 3.48. The lowest BCUT2D eigenvalue weighted by atomic mass is 9.92. The molecule has 1 saturated heterocycles. The van der Waals surface area contributed by atoms with E-state index in [1.54, 1.807) is 6.07 Å². The smallest absolute Gasteiger partial charge is 0.148 e. The quantitative estimate of drug-likeness (QED) is 0.775.